The zero-order valence-electron chi connectivity index (χ0n) is 17.8. The molecule has 1 amide bonds. The van der Waals surface area contributed by atoms with Gasteiger partial charge < -0.3 is 24.3 Å². The topological polar surface area (TPSA) is 118 Å². The summed E-state index contributed by atoms with van der Waals surface area (Å²) in [6.45, 7) is 1.74. The Balaban J connectivity index is 1.46. The molecule has 170 valence electrons. The monoisotopic (exact) mass is 451 g/mol. The highest BCUT2D eigenvalue weighted by molar-refractivity contribution is 5.90. The molecule has 33 heavy (non-hydrogen) atoms. The van der Waals surface area contributed by atoms with E-state index in [1.54, 1.807) is 55.5 Å². The van der Waals surface area contributed by atoms with Crippen molar-refractivity contribution in [1.29, 1.82) is 0 Å². The van der Waals surface area contributed by atoms with E-state index < -0.39 is 24.0 Å². The summed E-state index contributed by atoms with van der Waals surface area (Å²) in [7, 11) is 0. The third-order valence-corrected chi connectivity index (χ3v) is 4.65. The van der Waals surface area contributed by atoms with Gasteiger partial charge in [0, 0.05) is 6.54 Å². The highest BCUT2D eigenvalue weighted by Gasteiger charge is 2.21. The van der Waals surface area contributed by atoms with Crippen molar-refractivity contribution in [1.82, 2.24) is 15.1 Å². The van der Waals surface area contributed by atoms with Crippen molar-refractivity contribution in [2.24, 2.45) is 0 Å². The second kappa shape index (κ2) is 9.86. The van der Waals surface area contributed by atoms with Crippen molar-refractivity contribution in [2.45, 2.75) is 13.5 Å². The van der Waals surface area contributed by atoms with E-state index in [1.807, 2.05) is 0 Å². The molecule has 1 N–H and O–H groups in total. The van der Waals surface area contributed by atoms with Crippen LogP contribution in [-0.4, -0.2) is 41.7 Å². The Labute approximate surface area is 188 Å². The van der Waals surface area contributed by atoms with Crippen molar-refractivity contribution in [2.75, 3.05) is 20.0 Å². The van der Waals surface area contributed by atoms with Crippen LogP contribution < -0.4 is 25.1 Å². The molecule has 1 aliphatic heterocycles. The van der Waals surface area contributed by atoms with Crippen molar-refractivity contribution >= 4 is 11.9 Å². The number of carbonyl (C=O) groups excluding carboxylic acids is 2. The average Bonchev–Trinajstić information content (AvgIpc) is 3.30. The normalized spacial score (nSPS) is 11.7. The maximum absolute atomic E-state index is 12.6. The molecule has 0 saturated heterocycles. The largest absolute Gasteiger partial charge is 0.481 e. The van der Waals surface area contributed by atoms with Crippen LogP contribution in [0.5, 0.6) is 17.2 Å². The van der Waals surface area contributed by atoms with Crippen LogP contribution in [0.25, 0.3) is 5.69 Å². The number of amides is 1. The fraction of sp³-hybridized carbons (Fsp3) is 0.217. The first-order valence-electron chi connectivity index (χ1n) is 10.2. The van der Waals surface area contributed by atoms with Crippen LogP contribution in [0.2, 0.25) is 0 Å². The number of benzene rings is 2. The van der Waals surface area contributed by atoms with Gasteiger partial charge in [-0.1, -0.05) is 24.3 Å². The summed E-state index contributed by atoms with van der Waals surface area (Å²) in [6.07, 6.45) is 0. The lowest BCUT2D eigenvalue weighted by atomic mass is 10.2. The summed E-state index contributed by atoms with van der Waals surface area (Å²) in [4.78, 5) is 37.3. The van der Waals surface area contributed by atoms with Crippen LogP contribution in [-0.2, 0) is 16.1 Å². The lowest BCUT2D eigenvalue weighted by molar-refractivity contribution is -0.123. The van der Waals surface area contributed by atoms with E-state index in [0.29, 0.717) is 17.2 Å². The summed E-state index contributed by atoms with van der Waals surface area (Å²) in [5.41, 5.74) is 0.557. The minimum atomic E-state index is -0.766. The lowest BCUT2D eigenvalue weighted by Crippen LogP contribution is -2.30. The molecule has 0 unspecified atom stereocenters. The molecule has 4 rings (SSSR count). The van der Waals surface area contributed by atoms with Crippen LogP contribution in [0, 0.1) is 0 Å². The van der Waals surface area contributed by atoms with Gasteiger partial charge >= 0.3 is 5.97 Å². The number of nitrogens with zero attached hydrogens (tertiary/aromatic N) is 2. The van der Waals surface area contributed by atoms with Crippen molar-refractivity contribution < 1.29 is 28.5 Å². The molecule has 0 atom stereocenters. The Morgan fingerprint density at radius 1 is 1.09 bits per heavy atom. The van der Waals surface area contributed by atoms with Gasteiger partial charge in [0.2, 0.25) is 12.5 Å². The second-order valence-corrected chi connectivity index (χ2v) is 6.92. The number of rotatable bonds is 8. The predicted molar refractivity (Wildman–Crippen MR) is 116 cm³/mol. The van der Waals surface area contributed by atoms with Crippen molar-refractivity contribution in [3.8, 4) is 22.9 Å². The van der Waals surface area contributed by atoms with Crippen LogP contribution in [0.1, 0.15) is 23.0 Å². The third-order valence-electron chi connectivity index (χ3n) is 4.65. The number of para-hydroxylation sites is 1. The third kappa shape index (κ3) is 5.12. The second-order valence-electron chi connectivity index (χ2n) is 6.92. The van der Waals surface area contributed by atoms with Crippen LogP contribution in [0.4, 0.5) is 0 Å². The minimum absolute atomic E-state index is 0.112. The Morgan fingerprint density at radius 3 is 2.67 bits per heavy atom. The number of nitrogens with one attached hydrogen (secondary N) is 1. The minimum Gasteiger partial charge on any atom is -0.481 e. The van der Waals surface area contributed by atoms with Gasteiger partial charge in [-0.25, -0.2) is 4.79 Å². The molecule has 10 nitrogen and oxygen atoms in total. The van der Waals surface area contributed by atoms with Crippen LogP contribution >= 0.6 is 0 Å². The summed E-state index contributed by atoms with van der Waals surface area (Å²) < 4.78 is 22.1. The number of aromatic nitrogens is 2. The molecule has 2 heterocycles. The van der Waals surface area contributed by atoms with E-state index in [9.17, 15) is 14.4 Å². The van der Waals surface area contributed by atoms with Gasteiger partial charge in [0.1, 0.15) is 0 Å². The predicted octanol–water partition coefficient (Wildman–Crippen LogP) is 1.83. The molecule has 0 saturated carbocycles. The van der Waals surface area contributed by atoms with E-state index in [0.717, 1.165) is 16.3 Å². The molecule has 2 aromatic carbocycles. The Hall–Kier alpha value is -4.34. The highest BCUT2D eigenvalue weighted by atomic mass is 16.7. The van der Waals surface area contributed by atoms with Gasteiger partial charge in [-0.05, 0) is 36.8 Å². The molecule has 0 spiro atoms. The lowest BCUT2D eigenvalue weighted by Gasteiger charge is -2.12. The van der Waals surface area contributed by atoms with Crippen LogP contribution in [0.15, 0.2) is 59.4 Å². The smallest absolute Gasteiger partial charge is 0.362 e. The number of hydrogen-bond donors (Lipinski definition) is 1. The zero-order valence-corrected chi connectivity index (χ0v) is 17.8. The summed E-state index contributed by atoms with van der Waals surface area (Å²) in [6, 6.07) is 15.1. The fourth-order valence-electron chi connectivity index (χ4n) is 3.09. The maximum Gasteiger partial charge on any atom is 0.362 e. The van der Waals surface area contributed by atoms with Crippen LogP contribution in [0.3, 0.4) is 0 Å². The van der Waals surface area contributed by atoms with Crippen molar-refractivity contribution in [3.63, 3.8) is 0 Å². The van der Waals surface area contributed by atoms with E-state index >= 15 is 0 Å². The SMILES string of the molecule is CCOC(=O)c1nn(-c2ccccc2)c(=O)cc1OCC(=O)NCc1ccc2c(c1)OCO2. The molecule has 0 fully saturated rings. The number of esters is 1. The first kappa shape index (κ1) is 21.9. The number of carbonyl (C=O) groups is 2. The zero-order chi connectivity index (χ0) is 23.2. The number of hydrogen-bond acceptors (Lipinski definition) is 8. The number of fused-ring (bicyclic) bond motifs is 1. The molecule has 0 aliphatic carbocycles. The van der Waals surface area contributed by atoms with Gasteiger partial charge in [0.25, 0.3) is 11.5 Å². The van der Waals surface area contributed by atoms with E-state index in [2.05, 4.69) is 10.4 Å². The first-order chi connectivity index (χ1) is 16.0. The van der Waals surface area contributed by atoms with Gasteiger partial charge in [0.05, 0.1) is 18.4 Å². The molecule has 10 heteroatoms. The summed E-state index contributed by atoms with van der Waals surface area (Å²) in [5, 5.41) is 6.82. The van der Waals surface area contributed by atoms with Gasteiger partial charge in [-0.2, -0.15) is 9.78 Å². The number of ether oxygens (including phenoxy) is 4. The van der Waals surface area contributed by atoms with E-state index in [4.69, 9.17) is 18.9 Å². The Kier molecular flexibility index (Phi) is 6.53. The highest BCUT2D eigenvalue weighted by Crippen LogP contribution is 2.32. The molecular weight excluding hydrogens is 430 g/mol. The van der Waals surface area contributed by atoms with Gasteiger partial charge in [0.15, 0.2) is 23.9 Å². The Bertz CT molecular complexity index is 1220. The Morgan fingerprint density at radius 2 is 1.88 bits per heavy atom. The molecule has 1 aliphatic rings. The molecular formula is C23H21N3O7. The van der Waals surface area contributed by atoms with Crippen molar-refractivity contribution in [3.05, 3.63) is 76.2 Å². The molecule has 3 aromatic rings. The maximum atomic E-state index is 12.6. The average molecular weight is 451 g/mol. The standard InChI is InChI=1S/C23H21N3O7/c1-2-30-23(29)22-19(11-21(28)26(25-22)16-6-4-3-5-7-16)31-13-20(27)24-12-15-8-9-17-18(10-15)33-14-32-17/h3-11H,2,12-14H2,1H3,(H,24,27). The molecule has 1 aromatic heterocycles. The fourth-order valence-corrected chi connectivity index (χ4v) is 3.09. The van der Waals surface area contributed by atoms with Gasteiger partial charge in [-0.15, -0.1) is 0 Å². The molecule has 0 radical (unpaired) electrons. The molecule has 0 bridgehead atoms. The van der Waals surface area contributed by atoms with Gasteiger partial charge in [-0.3, -0.25) is 9.59 Å². The summed E-state index contributed by atoms with van der Waals surface area (Å²) >= 11 is 0. The quantitative estimate of drug-likeness (QED) is 0.516. The first-order valence-corrected chi connectivity index (χ1v) is 10.2. The van der Waals surface area contributed by atoms with E-state index in [1.165, 1.54) is 0 Å². The summed E-state index contributed by atoms with van der Waals surface area (Å²) in [5.74, 6) is -0.0868. The van der Waals surface area contributed by atoms with E-state index in [-0.39, 0.29) is 31.4 Å².